The van der Waals surface area contributed by atoms with Crippen molar-refractivity contribution in [1.29, 1.82) is 0 Å². The maximum absolute atomic E-state index is 6.10. The Labute approximate surface area is 279 Å². The molecule has 47 heavy (non-hydrogen) atoms. The average Bonchev–Trinajstić information content (AvgIpc) is 3.09. The molecule has 0 saturated carbocycles. The Morgan fingerprint density at radius 3 is 1.47 bits per heavy atom. The number of anilines is 2. The van der Waals surface area contributed by atoms with Crippen molar-refractivity contribution >= 4 is 11.4 Å². The van der Waals surface area contributed by atoms with Crippen LogP contribution in [-0.4, -0.2) is 31.4 Å². The number of unbranched alkanes of at least 4 members (excludes halogenated alkanes) is 1. The van der Waals surface area contributed by atoms with Gasteiger partial charge in [0, 0.05) is 34.6 Å². The Kier molecular flexibility index (Phi) is 11.8. The number of aryl methyl sites for hydroxylation is 1. The van der Waals surface area contributed by atoms with E-state index in [4.69, 9.17) is 23.9 Å². The van der Waals surface area contributed by atoms with Gasteiger partial charge in [-0.1, -0.05) is 37.6 Å². The van der Waals surface area contributed by atoms with Gasteiger partial charge in [-0.25, -0.2) is 4.98 Å². The fourth-order valence-corrected chi connectivity index (χ4v) is 5.51. The number of nitrogens with zero attached hydrogens (tertiary/aromatic N) is 1. The van der Waals surface area contributed by atoms with Crippen LogP contribution in [0.5, 0.6) is 23.0 Å². The first-order valence-corrected chi connectivity index (χ1v) is 16.8. The normalized spacial score (nSPS) is 10.8. The Morgan fingerprint density at radius 2 is 1.00 bits per heavy atom. The lowest BCUT2D eigenvalue weighted by Gasteiger charge is -2.17. The summed E-state index contributed by atoms with van der Waals surface area (Å²) < 4.78 is 23.8. The van der Waals surface area contributed by atoms with Gasteiger partial charge >= 0.3 is 0 Å². The van der Waals surface area contributed by atoms with Crippen LogP contribution in [-0.2, 0) is 6.42 Å². The second kappa shape index (κ2) is 16.5. The van der Waals surface area contributed by atoms with Crippen LogP contribution in [0.2, 0.25) is 0 Å². The number of rotatable bonds is 16. The smallest absolute Gasteiger partial charge is 0.132 e. The van der Waals surface area contributed by atoms with Gasteiger partial charge < -0.3 is 24.3 Å². The van der Waals surface area contributed by atoms with E-state index in [-0.39, 0.29) is 0 Å². The highest BCUT2D eigenvalue weighted by atomic mass is 16.5. The van der Waals surface area contributed by atoms with E-state index in [0.29, 0.717) is 26.4 Å². The summed E-state index contributed by atoms with van der Waals surface area (Å²) in [6.45, 7) is 12.4. The molecule has 0 bridgehead atoms. The molecule has 6 heteroatoms. The van der Waals surface area contributed by atoms with Crippen LogP contribution in [0.25, 0.3) is 33.6 Å². The zero-order valence-electron chi connectivity index (χ0n) is 28.3. The van der Waals surface area contributed by atoms with Crippen LogP contribution in [0, 0.1) is 0 Å². The number of aromatic nitrogens is 1. The topological polar surface area (TPSA) is 61.8 Å². The summed E-state index contributed by atoms with van der Waals surface area (Å²) in [4.78, 5) is 5.18. The molecule has 6 nitrogen and oxygen atoms in total. The molecule has 0 aliphatic heterocycles. The first-order valence-electron chi connectivity index (χ1n) is 16.8. The lowest BCUT2D eigenvalue weighted by Crippen LogP contribution is -2.00. The van der Waals surface area contributed by atoms with Crippen molar-refractivity contribution < 1.29 is 18.9 Å². The number of hydrogen-bond donors (Lipinski definition) is 1. The molecule has 0 atom stereocenters. The van der Waals surface area contributed by atoms with Crippen molar-refractivity contribution in [3.63, 3.8) is 0 Å². The third-order valence-corrected chi connectivity index (χ3v) is 7.78. The predicted octanol–water partition coefficient (Wildman–Crippen LogP) is 10.8. The summed E-state index contributed by atoms with van der Waals surface area (Å²) in [5.74, 6) is 2.98. The first kappa shape index (κ1) is 33.4. The van der Waals surface area contributed by atoms with Crippen molar-refractivity contribution in [2.75, 3.05) is 31.7 Å². The van der Waals surface area contributed by atoms with Gasteiger partial charge in [0.2, 0.25) is 0 Å². The van der Waals surface area contributed by atoms with Crippen molar-refractivity contribution in [1.82, 2.24) is 4.98 Å². The van der Waals surface area contributed by atoms with E-state index in [1.54, 1.807) is 0 Å². The monoisotopic (exact) mass is 630 g/mol. The molecule has 1 aromatic heterocycles. The zero-order chi connectivity index (χ0) is 33.0. The van der Waals surface area contributed by atoms with E-state index in [0.717, 1.165) is 74.4 Å². The van der Waals surface area contributed by atoms with Crippen LogP contribution in [0.15, 0.2) is 97.1 Å². The Balaban J connectivity index is 1.55. The summed E-state index contributed by atoms with van der Waals surface area (Å²) in [6.07, 6.45) is 3.53. The second-order valence-corrected chi connectivity index (χ2v) is 11.2. The molecule has 0 radical (unpaired) electrons. The van der Waals surface area contributed by atoms with Gasteiger partial charge in [0.15, 0.2) is 0 Å². The maximum Gasteiger partial charge on any atom is 0.132 e. The predicted molar refractivity (Wildman–Crippen MR) is 194 cm³/mol. The fraction of sp³-hybridized carbons (Fsp3) is 0.293. The van der Waals surface area contributed by atoms with Crippen molar-refractivity contribution in [3.05, 3.63) is 103 Å². The van der Waals surface area contributed by atoms with E-state index < -0.39 is 0 Å². The number of pyridine rings is 1. The van der Waals surface area contributed by atoms with Crippen LogP contribution >= 0.6 is 0 Å². The third-order valence-electron chi connectivity index (χ3n) is 7.78. The van der Waals surface area contributed by atoms with Crippen LogP contribution in [0.1, 0.15) is 53.0 Å². The van der Waals surface area contributed by atoms with E-state index in [9.17, 15) is 0 Å². The van der Waals surface area contributed by atoms with Gasteiger partial charge in [0.25, 0.3) is 0 Å². The second-order valence-electron chi connectivity index (χ2n) is 11.2. The molecule has 0 spiro atoms. The molecule has 5 aromatic rings. The molecule has 0 fully saturated rings. The summed E-state index contributed by atoms with van der Waals surface area (Å²) in [6, 6.07) is 33.3. The quantitative estimate of drug-likeness (QED) is 0.117. The van der Waals surface area contributed by atoms with Gasteiger partial charge in [-0.2, -0.15) is 0 Å². The van der Waals surface area contributed by atoms with Crippen molar-refractivity contribution in [3.8, 4) is 56.6 Å². The molecule has 4 aromatic carbocycles. The van der Waals surface area contributed by atoms with Crippen molar-refractivity contribution in [2.45, 2.75) is 53.9 Å². The number of benzene rings is 4. The highest BCUT2D eigenvalue weighted by Crippen LogP contribution is 2.39. The van der Waals surface area contributed by atoms with Gasteiger partial charge in [0.1, 0.15) is 23.0 Å². The molecule has 244 valence electrons. The maximum atomic E-state index is 6.10. The molecule has 0 saturated heterocycles. The summed E-state index contributed by atoms with van der Waals surface area (Å²) in [5.41, 5.74) is 8.95. The van der Waals surface area contributed by atoms with Gasteiger partial charge in [-0.3, -0.25) is 0 Å². The first-order chi connectivity index (χ1) is 23.0. The molecule has 0 aliphatic carbocycles. The summed E-state index contributed by atoms with van der Waals surface area (Å²) in [5, 5.41) is 3.55. The lowest BCUT2D eigenvalue weighted by molar-refractivity contribution is 0.323. The molecule has 0 aliphatic rings. The van der Waals surface area contributed by atoms with Crippen molar-refractivity contribution in [2.24, 2.45) is 0 Å². The molecule has 0 unspecified atom stereocenters. The molecular formula is C41H46N2O4. The van der Waals surface area contributed by atoms with Crippen LogP contribution in [0.3, 0.4) is 0 Å². The molecular weight excluding hydrogens is 584 g/mol. The van der Waals surface area contributed by atoms with E-state index in [2.05, 4.69) is 72.9 Å². The number of ether oxygens (including phenoxy) is 4. The molecule has 5 rings (SSSR count). The minimum atomic E-state index is 0.526. The highest BCUT2D eigenvalue weighted by molar-refractivity contribution is 5.81. The minimum Gasteiger partial charge on any atom is -0.494 e. The van der Waals surface area contributed by atoms with Crippen LogP contribution < -0.4 is 24.3 Å². The summed E-state index contributed by atoms with van der Waals surface area (Å²) in [7, 11) is 0. The largest absolute Gasteiger partial charge is 0.494 e. The Morgan fingerprint density at radius 1 is 0.511 bits per heavy atom. The number of nitrogens with one attached hydrogen (secondary N) is 1. The van der Waals surface area contributed by atoms with Gasteiger partial charge in [0.05, 0.1) is 37.8 Å². The van der Waals surface area contributed by atoms with E-state index in [1.807, 2.05) is 64.1 Å². The zero-order valence-corrected chi connectivity index (χ0v) is 28.3. The lowest BCUT2D eigenvalue weighted by atomic mass is 9.99. The molecule has 1 N–H and O–H groups in total. The van der Waals surface area contributed by atoms with Gasteiger partial charge in [-0.15, -0.1) is 0 Å². The molecule has 0 amide bonds. The fourth-order valence-electron chi connectivity index (χ4n) is 5.51. The van der Waals surface area contributed by atoms with E-state index >= 15 is 0 Å². The Hall–Kier alpha value is -4.97. The third kappa shape index (κ3) is 8.64. The average molecular weight is 631 g/mol. The molecule has 1 heterocycles. The minimum absolute atomic E-state index is 0.526. The van der Waals surface area contributed by atoms with Crippen LogP contribution in [0.4, 0.5) is 11.4 Å². The highest BCUT2D eigenvalue weighted by Gasteiger charge is 2.17. The summed E-state index contributed by atoms with van der Waals surface area (Å²) >= 11 is 0. The standard InChI is InChI=1S/C41H46N2O4/c1-6-11-12-29-13-17-32(18-14-29)42-33-19-15-30(16-20-33)31-25-38(36-23-21-34(44-7-2)27-40(36)46-9-4)43-39(26-31)37-24-22-35(45-8-3)28-41(37)47-10-5/h13-28,42H,6-12H2,1-5H3. The SMILES string of the molecule is CCCCc1ccc(Nc2ccc(-c3cc(-c4ccc(OCC)cc4OCC)nc(-c4ccc(OCC)cc4OCC)c3)cc2)cc1. The Bertz CT molecular complexity index is 1650. The van der Waals surface area contributed by atoms with E-state index in [1.165, 1.54) is 18.4 Å². The number of hydrogen-bond acceptors (Lipinski definition) is 6. The van der Waals surface area contributed by atoms with Gasteiger partial charge in [-0.05, 0) is 118 Å².